The summed E-state index contributed by atoms with van der Waals surface area (Å²) in [6.45, 7) is 7.07. The molecule has 2 rings (SSSR count). The van der Waals surface area contributed by atoms with Crippen LogP contribution in [0.25, 0.3) is 0 Å². The number of nitrogens with zero attached hydrogens (tertiary/aromatic N) is 1. The van der Waals surface area contributed by atoms with Crippen molar-refractivity contribution in [3.05, 3.63) is 0 Å². The molecule has 2 fully saturated rings. The second kappa shape index (κ2) is 8.00. The minimum Gasteiger partial charge on any atom is -0.370 e. The van der Waals surface area contributed by atoms with Gasteiger partial charge in [-0.2, -0.15) is 0 Å². The Morgan fingerprint density at radius 3 is 2.45 bits per heavy atom. The zero-order valence-corrected chi connectivity index (χ0v) is 12.8. The van der Waals surface area contributed by atoms with Gasteiger partial charge in [0.2, 0.25) is 11.8 Å². The highest BCUT2D eigenvalue weighted by molar-refractivity contribution is 6.27. The zero-order chi connectivity index (χ0) is 15.9. The largest absolute Gasteiger partial charge is 0.370 e. The number of quaternary nitrogens is 1. The fourth-order valence-electron chi connectivity index (χ4n) is 2.69. The smallest absolute Gasteiger partial charge is 0.328 e. The number of urea groups is 1. The number of amides is 4. The van der Waals surface area contributed by atoms with E-state index in [1.165, 1.54) is 4.90 Å². The third-order valence-corrected chi connectivity index (χ3v) is 3.90. The number of hydrogen-bond donors (Lipinski definition) is 3. The Kier molecular flexibility index (Phi) is 6.02. The van der Waals surface area contributed by atoms with Crippen molar-refractivity contribution in [2.75, 3.05) is 39.4 Å². The van der Waals surface area contributed by atoms with Gasteiger partial charge in [-0.25, -0.2) is 4.79 Å². The maximum absolute atomic E-state index is 11.8. The fraction of sp³-hybridized carbons (Fsp3) is 0.714. The predicted molar refractivity (Wildman–Crippen MR) is 78.8 cm³/mol. The number of nitrogens with one attached hydrogen (secondary N) is 3. The normalized spacial score (nSPS) is 21.7. The van der Waals surface area contributed by atoms with Gasteiger partial charge in [-0.3, -0.25) is 25.2 Å². The highest BCUT2D eigenvalue weighted by Gasteiger charge is 2.37. The average molecular weight is 311 g/mol. The van der Waals surface area contributed by atoms with Crippen molar-refractivity contribution < 1.29 is 24.0 Å². The second-order valence-corrected chi connectivity index (χ2v) is 5.43. The summed E-state index contributed by atoms with van der Waals surface area (Å²) in [5.41, 5.74) is 0.527. The monoisotopic (exact) mass is 311 g/mol. The van der Waals surface area contributed by atoms with Crippen LogP contribution in [-0.2, 0) is 14.3 Å². The number of morpholine rings is 1. The minimum atomic E-state index is -0.988. The molecule has 4 amide bonds. The maximum Gasteiger partial charge on any atom is 0.328 e. The molecular weight excluding hydrogens is 288 g/mol. The first-order chi connectivity index (χ1) is 10.6. The number of rotatable bonds is 6. The fourth-order valence-corrected chi connectivity index (χ4v) is 2.69. The Morgan fingerprint density at radius 2 is 1.86 bits per heavy atom. The molecule has 0 radical (unpaired) electrons. The molecule has 0 atom stereocenters. The molecular formula is C14H23N4O4+. The molecule has 22 heavy (non-hydrogen) atoms. The highest BCUT2D eigenvalue weighted by Crippen LogP contribution is 2.08. The van der Waals surface area contributed by atoms with Crippen molar-refractivity contribution in [3.63, 3.8) is 0 Å². The Hall–Kier alpha value is -1.80. The molecule has 3 N–H and O–H groups in total. The standard InChI is InChI=1S/C14H22N4O4/c1-2-10(11-12(19)16-14(21)17-13(11)20)15-4-3-5-18-6-8-22-9-7-18/h11H,2-9H2,1H3,(H2,16,17,19,20,21)/p+1. The first-order valence-electron chi connectivity index (χ1n) is 7.72. The van der Waals surface area contributed by atoms with Gasteiger partial charge in [0.05, 0.1) is 19.8 Å². The molecule has 0 aliphatic carbocycles. The van der Waals surface area contributed by atoms with E-state index in [1.54, 1.807) is 0 Å². The number of ether oxygens (including phenoxy) is 1. The van der Waals surface area contributed by atoms with Crippen molar-refractivity contribution in [1.29, 1.82) is 0 Å². The number of carbonyl (C=O) groups is 3. The molecule has 2 saturated heterocycles. The summed E-state index contributed by atoms with van der Waals surface area (Å²) in [5, 5.41) is 4.22. The van der Waals surface area contributed by atoms with Gasteiger partial charge in [-0.1, -0.05) is 6.92 Å². The molecule has 0 spiro atoms. The van der Waals surface area contributed by atoms with E-state index in [9.17, 15) is 14.4 Å². The third kappa shape index (κ3) is 4.35. The van der Waals surface area contributed by atoms with Crippen LogP contribution in [0.1, 0.15) is 19.8 Å². The van der Waals surface area contributed by atoms with Crippen LogP contribution in [-0.4, -0.2) is 62.9 Å². The first-order valence-corrected chi connectivity index (χ1v) is 7.72. The van der Waals surface area contributed by atoms with Crippen molar-refractivity contribution in [1.82, 2.24) is 10.6 Å². The summed E-state index contributed by atoms with van der Waals surface area (Å²) in [4.78, 5) is 40.6. The summed E-state index contributed by atoms with van der Waals surface area (Å²) in [5.74, 6) is -2.17. The molecule has 0 unspecified atom stereocenters. The average Bonchev–Trinajstić information content (AvgIpc) is 2.49. The summed E-state index contributed by atoms with van der Waals surface area (Å²) in [6.07, 6.45) is 1.40. The van der Waals surface area contributed by atoms with Crippen LogP contribution in [0.3, 0.4) is 0 Å². The molecule has 2 heterocycles. The SMILES string of the molecule is CCC(=NCCC[NH+]1CCOCC1)C1C(=O)NC(=O)NC1=O. The van der Waals surface area contributed by atoms with E-state index in [0.29, 0.717) is 18.7 Å². The molecule has 0 aromatic carbocycles. The van der Waals surface area contributed by atoms with Gasteiger partial charge in [0, 0.05) is 18.7 Å². The van der Waals surface area contributed by atoms with Crippen molar-refractivity contribution >= 4 is 23.6 Å². The van der Waals surface area contributed by atoms with E-state index in [4.69, 9.17) is 4.74 Å². The Morgan fingerprint density at radius 1 is 1.23 bits per heavy atom. The minimum absolute atomic E-state index is 0.504. The first kappa shape index (κ1) is 16.6. The van der Waals surface area contributed by atoms with E-state index < -0.39 is 23.8 Å². The summed E-state index contributed by atoms with van der Waals surface area (Å²) in [6, 6.07) is -0.766. The molecule has 8 nitrogen and oxygen atoms in total. The molecule has 0 aromatic heterocycles. The molecule has 0 aromatic rings. The quantitative estimate of drug-likeness (QED) is 0.304. The Bertz CT molecular complexity index is 451. The van der Waals surface area contributed by atoms with Crippen LogP contribution in [0, 0.1) is 5.92 Å². The van der Waals surface area contributed by atoms with Crippen LogP contribution in [0.2, 0.25) is 0 Å². The summed E-state index contributed by atoms with van der Waals surface area (Å²) >= 11 is 0. The van der Waals surface area contributed by atoms with Crippen LogP contribution in [0.15, 0.2) is 4.99 Å². The number of carbonyl (C=O) groups excluding carboxylic acids is 3. The predicted octanol–water partition coefficient (Wildman–Crippen LogP) is -1.88. The van der Waals surface area contributed by atoms with Crippen molar-refractivity contribution in [2.45, 2.75) is 19.8 Å². The van der Waals surface area contributed by atoms with Crippen LogP contribution in [0.5, 0.6) is 0 Å². The lowest BCUT2D eigenvalue weighted by Crippen LogP contribution is -3.14. The molecule has 0 saturated carbocycles. The maximum atomic E-state index is 11.8. The van der Waals surface area contributed by atoms with Gasteiger partial charge in [0.1, 0.15) is 13.1 Å². The topological polar surface area (TPSA) is 101 Å². The van der Waals surface area contributed by atoms with Crippen LogP contribution >= 0.6 is 0 Å². The van der Waals surface area contributed by atoms with E-state index in [-0.39, 0.29) is 0 Å². The van der Waals surface area contributed by atoms with E-state index in [1.807, 2.05) is 6.92 Å². The van der Waals surface area contributed by atoms with Gasteiger partial charge >= 0.3 is 6.03 Å². The van der Waals surface area contributed by atoms with E-state index in [2.05, 4.69) is 15.6 Å². The van der Waals surface area contributed by atoms with Gasteiger partial charge in [0.25, 0.3) is 0 Å². The van der Waals surface area contributed by atoms with Crippen LogP contribution in [0.4, 0.5) is 4.79 Å². The van der Waals surface area contributed by atoms with Crippen molar-refractivity contribution in [2.24, 2.45) is 10.9 Å². The third-order valence-electron chi connectivity index (χ3n) is 3.90. The Labute approximate surface area is 129 Å². The highest BCUT2D eigenvalue weighted by atomic mass is 16.5. The second-order valence-electron chi connectivity index (χ2n) is 5.43. The van der Waals surface area contributed by atoms with Gasteiger partial charge in [-0.05, 0) is 6.42 Å². The lowest BCUT2D eigenvalue weighted by Gasteiger charge is -2.23. The molecule has 8 heteroatoms. The Balaban J connectivity index is 1.85. The van der Waals surface area contributed by atoms with Crippen LogP contribution < -0.4 is 15.5 Å². The van der Waals surface area contributed by atoms with E-state index in [0.717, 1.165) is 39.3 Å². The van der Waals surface area contributed by atoms with Gasteiger partial charge in [-0.15, -0.1) is 0 Å². The lowest BCUT2D eigenvalue weighted by molar-refractivity contribution is -0.908. The number of imide groups is 2. The summed E-state index contributed by atoms with van der Waals surface area (Å²) in [7, 11) is 0. The van der Waals surface area contributed by atoms with Gasteiger partial charge < -0.3 is 9.64 Å². The molecule has 2 aliphatic rings. The number of aliphatic imine (C=N–C) groups is 1. The molecule has 2 aliphatic heterocycles. The zero-order valence-electron chi connectivity index (χ0n) is 12.8. The number of barbiturate groups is 1. The summed E-state index contributed by atoms with van der Waals surface area (Å²) < 4.78 is 5.31. The molecule has 122 valence electrons. The molecule has 0 bridgehead atoms. The van der Waals surface area contributed by atoms with Gasteiger partial charge in [0.15, 0.2) is 5.92 Å². The van der Waals surface area contributed by atoms with Crippen molar-refractivity contribution in [3.8, 4) is 0 Å². The van der Waals surface area contributed by atoms with E-state index >= 15 is 0 Å². The lowest BCUT2D eigenvalue weighted by atomic mass is 9.97. The number of hydrogen-bond acceptors (Lipinski definition) is 5.